The molecule has 1 aliphatic heterocycles. The van der Waals surface area contributed by atoms with E-state index in [2.05, 4.69) is 15.2 Å². The number of benzene rings is 1. The third-order valence-corrected chi connectivity index (χ3v) is 4.51. The van der Waals surface area contributed by atoms with E-state index in [0.29, 0.717) is 19.6 Å². The first-order valence-electron chi connectivity index (χ1n) is 8.32. The van der Waals surface area contributed by atoms with Gasteiger partial charge in [-0.2, -0.15) is 0 Å². The van der Waals surface area contributed by atoms with Gasteiger partial charge in [0, 0.05) is 32.5 Å². The van der Waals surface area contributed by atoms with Gasteiger partial charge >= 0.3 is 0 Å². The summed E-state index contributed by atoms with van der Waals surface area (Å²) < 4.78 is 15.2. The summed E-state index contributed by atoms with van der Waals surface area (Å²) in [5.74, 6) is 0.680. The molecule has 2 aromatic rings. The van der Waals surface area contributed by atoms with E-state index < -0.39 is 0 Å². The highest BCUT2D eigenvalue weighted by molar-refractivity contribution is 5.78. The van der Waals surface area contributed by atoms with Gasteiger partial charge in [0.25, 0.3) is 0 Å². The highest BCUT2D eigenvalue weighted by Gasteiger charge is 2.25. The first-order valence-corrected chi connectivity index (χ1v) is 8.32. The molecule has 1 atom stereocenters. The minimum absolute atomic E-state index is 0.0208. The lowest BCUT2D eigenvalue weighted by atomic mass is 9.96. The quantitative estimate of drug-likeness (QED) is 0.913. The van der Waals surface area contributed by atoms with Gasteiger partial charge in [-0.3, -0.25) is 9.69 Å². The molecule has 1 aromatic heterocycles. The Balaban J connectivity index is 1.53. The summed E-state index contributed by atoms with van der Waals surface area (Å²) in [5, 5.41) is 2.98. The van der Waals surface area contributed by atoms with Crippen LogP contribution in [0, 0.1) is 11.7 Å². The fourth-order valence-corrected chi connectivity index (χ4v) is 3.18. The standard InChI is InChI=1S/C18H23FN4O/c1-22-9-7-20-17(22)11-21-18(24)15-5-3-8-23(13-15)12-14-4-2-6-16(19)10-14/h2,4,6-7,9-10,15H,3,5,8,11-13H2,1H3,(H,21,24). The van der Waals surface area contributed by atoms with E-state index in [4.69, 9.17) is 0 Å². The summed E-state index contributed by atoms with van der Waals surface area (Å²) in [6.07, 6.45) is 5.47. The molecule has 1 fully saturated rings. The van der Waals surface area contributed by atoms with Crippen LogP contribution >= 0.6 is 0 Å². The van der Waals surface area contributed by atoms with Crippen LogP contribution in [-0.2, 0) is 24.9 Å². The van der Waals surface area contributed by atoms with Gasteiger partial charge in [0.05, 0.1) is 12.5 Å². The van der Waals surface area contributed by atoms with Gasteiger partial charge in [0.15, 0.2) is 0 Å². The van der Waals surface area contributed by atoms with Crippen LogP contribution < -0.4 is 5.32 Å². The van der Waals surface area contributed by atoms with Crippen LogP contribution in [0.3, 0.4) is 0 Å². The van der Waals surface area contributed by atoms with Gasteiger partial charge in [-0.05, 0) is 37.1 Å². The van der Waals surface area contributed by atoms with E-state index in [9.17, 15) is 9.18 Å². The molecule has 128 valence electrons. The number of rotatable bonds is 5. The number of piperidine rings is 1. The minimum Gasteiger partial charge on any atom is -0.349 e. The predicted octanol–water partition coefficient (Wildman–Crippen LogP) is 2.09. The molecule has 1 amide bonds. The van der Waals surface area contributed by atoms with Crippen molar-refractivity contribution in [3.8, 4) is 0 Å². The molecule has 1 saturated heterocycles. The summed E-state index contributed by atoms with van der Waals surface area (Å²) in [6.45, 7) is 2.78. The Morgan fingerprint density at radius 3 is 3.08 bits per heavy atom. The molecule has 1 aromatic carbocycles. The Morgan fingerprint density at radius 2 is 2.33 bits per heavy atom. The van der Waals surface area contributed by atoms with Crippen LogP contribution in [0.2, 0.25) is 0 Å². The van der Waals surface area contributed by atoms with Crippen molar-refractivity contribution in [3.05, 3.63) is 53.9 Å². The number of likely N-dealkylation sites (tertiary alicyclic amines) is 1. The number of hydrogen-bond donors (Lipinski definition) is 1. The number of nitrogens with zero attached hydrogens (tertiary/aromatic N) is 3. The van der Waals surface area contributed by atoms with Gasteiger partial charge in [0.2, 0.25) is 5.91 Å². The maximum Gasteiger partial charge on any atom is 0.224 e. The zero-order valence-corrected chi connectivity index (χ0v) is 13.9. The molecule has 2 heterocycles. The lowest BCUT2D eigenvalue weighted by molar-refractivity contribution is -0.127. The number of amides is 1. The van der Waals surface area contributed by atoms with Crippen LogP contribution in [0.5, 0.6) is 0 Å². The second-order valence-corrected chi connectivity index (χ2v) is 6.38. The van der Waals surface area contributed by atoms with E-state index >= 15 is 0 Å². The van der Waals surface area contributed by atoms with E-state index in [-0.39, 0.29) is 17.6 Å². The average Bonchev–Trinajstić information content (AvgIpc) is 2.98. The summed E-state index contributed by atoms with van der Waals surface area (Å²) in [4.78, 5) is 18.9. The van der Waals surface area contributed by atoms with Crippen molar-refractivity contribution in [2.45, 2.75) is 25.9 Å². The normalized spacial score (nSPS) is 18.5. The Bertz CT molecular complexity index is 700. The second kappa shape index (κ2) is 7.57. The smallest absolute Gasteiger partial charge is 0.224 e. The molecule has 0 spiro atoms. The van der Waals surface area contributed by atoms with Gasteiger partial charge in [-0.1, -0.05) is 12.1 Å². The second-order valence-electron chi connectivity index (χ2n) is 6.38. The Labute approximate surface area is 141 Å². The van der Waals surface area contributed by atoms with Gasteiger partial charge in [-0.15, -0.1) is 0 Å². The van der Waals surface area contributed by atoms with Gasteiger partial charge < -0.3 is 9.88 Å². The molecular weight excluding hydrogens is 307 g/mol. The lowest BCUT2D eigenvalue weighted by Gasteiger charge is -2.32. The monoisotopic (exact) mass is 330 g/mol. The zero-order chi connectivity index (χ0) is 16.9. The Hall–Kier alpha value is -2.21. The molecule has 6 heteroatoms. The van der Waals surface area contributed by atoms with Gasteiger partial charge in [-0.25, -0.2) is 9.37 Å². The number of halogens is 1. The van der Waals surface area contributed by atoms with Crippen molar-refractivity contribution in [1.29, 1.82) is 0 Å². The van der Waals surface area contributed by atoms with E-state index in [0.717, 1.165) is 30.8 Å². The molecule has 0 radical (unpaired) electrons. The molecule has 1 unspecified atom stereocenters. The molecule has 0 bridgehead atoms. The first kappa shape index (κ1) is 16.6. The van der Waals surface area contributed by atoms with E-state index in [1.165, 1.54) is 6.07 Å². The molecular formula is C18H23FN4O. The SMILES string of the molecule is Cn1ccnc1CNC(=O)C1CCCN(Cc2cccc(F)c2)C1. The third kappa shape index (κ3) is 4.20. The molecule has 3 rings (SSSR count). The number of nitrogens with one attached hydrogen (secondary N) is 1. The highest BCUT2D eigenvalue weighted by Crippen LogP contribution is 2.19. The maximum atomic E-state index is 13.3. The number of hydrogen-bond acceptors (Lipinski definition) is 3. The molecule has 0 aliphatic carbocycles. The first-order chi connectivity index (χ1) is 11.6. The fraction of sp³-hybridized carbons (Fsp3) is 0.444. The molecule has 24 heavy (non-hydrogen) atoms. The molecule has 1 aliphatic rings. The van der Waals surface area contributed by atoms with Crippen molar-refractivity contribution in [3.63, 3.8) is 0 Å². The average molecular weight is 330 g/mol. The largest absolute Gasteiger partial charge is 0.349 e. The number of aromatic nitrogens is 2. The number of aryl methyl sites for hydroxylation is 1. The van der Waals surface area contributed by atoms with Crippen molar-refractivity contribution in [2.24, 2.45) is 13.0 Å². The van der Waals surface area contributed by atoms with Gasteiger partial charge in [0.1, 0.15) is 11.6 Å². The number of carbonyl (C=O) groups excluding carboxylic acids is 1. The molecule has 1 N–H and O–H groups in total. The maximum absolute atomic E-state index is 13.3. The highest BCUT2D eigenvalue weighted by atomic mass is 19.1. The Morgan fingerprint density at radius 1 is 1.46 bits per heavy atom. The zero-order valence-electron chi connectivity index (χ0n) is 13.9. The fourth-order valence-electron chi connectivity index (χ4n) is 3.18. The van der Waals surface area contributed by atoms with Crippen LogP contribution in [-0.4, -0.2) is 33.4 Å². The predicted molar refractivity (Wildman–Crippen MR) is 89.5 cm³/mol. The Kier molecular flexibility index (Phi) is 5.25. The lowest BCUT2D eigenvalue weighted by Crippen LogP contribution is -2.42. The minimum atomic E-state index is -0.214. The van der Waals surface area contributed by atoms with E-state index in [1.54, 1.807) is 18.3 Å². The van der Waals surface area contributed by atoms with Crippen LogP contribution in [0.15, 0.2) is 36.7 Å². The van der Waals surface area contributed by atoms with Crippen LogP contribution in [0.1, 0.15) is 24.2 Å². The third-order valence-electron chi connectivity index (χ3n) is 4.51. The summed E-state index contributed by atoms with van der Waals surface area (Å²) >= 11 is 0. The van der Waals surface area contributed by atoms with Crippen molar-refractivity contribution < 1.29 is 9.18 Å². The summed E-state index contributed by atoms with van der Waals surface area (Å²) in [5.41, 5.74) is 0.948. The number of imidazole rings is 1. The summed E-state index contributed by atoms with van der Waals surface area (Å²) in [7, 11) is 1.91. The topological polar surface area (TPSA) is 50.2 Å². The van der Waals surface area contributed by atoms with Crippen molar-refractivity contribution in [1.82, 2.24) is 19.8 Å². The summed E-state index contributed by atoms with van der Waals surface area (Å²) in [6, 6.07) is 6.66. The number of carbonyl (C=O) groups is 1. The molecule has 5 nitrogen and oxygen atoms in total. The van der Waals surface area contributed by atoms with E-state index in [1.807, 2.05) is 23.9 Å². The van der Waals surface area contributed by atoms with Crippen LogP contribution in [0.25, 0.3) is 0 Å². The van der Waals surface area contributed by atoms with Crippen LogP contribution in [0.4, 0.5) is 4.39 Å². The van der Waals surface area contributed by atoms with Crippen molar-refractivity contribution >= 4 is 5.91 Å². The van der Waals surface area contributed by atoms with Crippen molar-refractivity contribution in [2.75, 3.05) is 13.1 Å². The molecule has 0 saturated carbocycles.